The number of aliphatic hydroxyl groups excluding tert-OH is 1. The number of ether oxygens (including phenoxy) is 1. The number of piperidine rings is 1. The summed E-state index contributed by atoms with van der Waals surface area (Å²) < 4.78 is 5.59. The lowest BCUT2D eigenvalue weighted by Crippen LogP contribution is -2.41. The van der Waals surface area contributed by atoms with Gasteiger partial charge in [0.05, 0.1) is 0 Å². The van der Waals surface area contributed by atoms with Crippen molar-refractivity contribution in [1.29, 1.82) is 0 Å². The van der Waals surface area contributed by atoms with Crippen molar-refractivity contribution in [3.8, 4) is 5.75 Å². The minimum absolute atomic E-state index is 0.327. The Balaban J connectivity index is 1.68. The summed E-state index contributed by atoms with van der Waals surface area (Å²) in [5, 5.41) is 10.1. The first kappa shape index (κ1) is 16.1. The lowest BCUT2D eigenvalue weighted by molar-refractivity contribution is 0.0511. The molecule has 1 aromatic carbocycles. The third kappa shape index (κ3) is 5.21. The maximum absolute atomic E-state index is 10.1. The van der Waals surface area contributed by atoms with Crippen molar-refractivity contribution in [1.82, 2.24) is 4.90 Å². The van der Waals surface area contributed by atoms with Gasteiger partial charge in [0.2, 0.25) is 0 Å². The van der Waals surface area contributed by atoms with Gasteiger partial charge < -0.3 is 20.5 Å². The molecule has 0 saturated carbocycles. The largest absolute Gasteiger partial charge is 0.491 e. The molecule has 0 amide bonds. The van der Waals surface area contributed by atoms with Crippen molar-refractivity contribution in [2.24, 2.45) is 11.8 Å². The van der Waals surface area contributed by atoms with Crippen LogP contribution in [0.3, 0.4) is 0 Å². The van der Waals surface area contributed by atoms with Crippen molar-refractivity contribution in [2.45, 2.75) is 32.8 Å². The van der Waals surface area contributed by atoms with Gasteiger partial charge >= 0.3 is 0 Å². The Morgan fingerprint density at radius 3 is 2.43 bits per heavy atom. The van der Waals surface area contributed by atoms with Gasteiger partial charge in [-0.15, -0.1) is 0 Å². The van der Waals surface area contributed by atoms with E-state index in [1.165, 1.54) is 12.8 Å². The van der Waals surface area contributed by atoms with Crippen LogP contribution >= 0.6 is 0 Å². The van der Waals surface area contributed by atoms with Gasteiger partial charge in [0.15, 0.2) is 0 Å². The Morgan fingerprint density at radius 2 is 1.86 bits per heavy atom. The number of nitrogens with two attached hydrogens (primary N) is 1. The third-order valence-electron chi connectivity index (χ3n) is 4.37. The fourth-order valence-corrected chi connectivity index (χ4v) is 2.91. The normalized spacial score (nSPS) is 18.9. The second-order valence-electron chi connectivity index (χ2n) is 6.42. The highest BCUT2D eigenvalue weighted by Crippen LogP contribution is 2.24. The Bertz CT molecular complexity index is 411. The van der Waals surface area contributed by atoms with E-state index in [9.17, 15) is 5.11 Å². The molecule has 0 aliphatic carbocycles. The van der Waals surface area contributed by atoms with Gasteiger partial charge in [-0.3, -0.25) is 0 Å². The highest BCUT2D eigenvalue weighted by atomic mass is 16.5. The average Bonchev–Trinajstić information content (AvgIpc) is 2.47. The van der Waals surface area contributed by atoms with E-state index in [0.717, 1.165) is 36.4 Å². The van der Waals surface area contributed by atoms with E-state index in [1.807, 2.05) is 12.1 Å². The molecule has 1 atom stereocenters. The molecule has 2 rings (SSSR count). The number of hydrogen-bond acceptors (Lipinski definition) is 4. The van der Waals surface area contributed by atoms with Crippen molar-refractivity contribution in [3.63, 3.8) is 0 Å². The maximum atomic E-state index is 10.1. The SMILES string of the molecule is CC(C)C1CCN(CC(O)COc2ccc(N)cc2)CC1. The summed E-state index contributed by atoms with van der Waals surface area (Å²) >= 11 is 0. The van der Waals surface area contributed by atoms with Crippen LogP contribution < -0.4 is 10.5 Å². The molecule has 1 aliphatic heterocycles. The maximum Gasteiger partial charge on any atom is 0.119 e. The number of rotatable bonds is 6. The first-order chi connectivity index (χ1) is 10.0. The van der Waals surface area contributed by atoms with Crippen LogP contribution in [-0.4, -0.2) is 42.4 Å². The molecule has 0 spiro atoms. The molecule has 1 heterocycles. The first-order valence-corrected chi connectivity index (χ1v) is 7.93. The predicted octanol–water partition coefficient (Wildman–Crippen LogP) is 2.38. The van der Waals surface area contributed by atoms with Crippen LogP contribution in [0.5, 0.6) is 5.75 Å². The second kappa shape index (κ2) is 7.66. The summed E-state index contributed by atoms with van der Waals surface area (Å²) in [5.41, 5.74) is 6.35. The lowest BCUT2D eigenvalue weighted by Gasteiger charge is -2.34. The highest BCUT2D eigenvalue weighted by molar-refractivity contribution is 5.41. The molecule has 0 radical (unpaired) electrons. The van der Waals surface area contributed by atoms with Crippen molar-refractivity contribution < 1.29 is 9.84 Å². The molecule has 118 valence electrons. The molecule has 1 aromatic rings. The monoisotopic (exact) mass is 292 g/mol. The molecule has 3 N–H and O–H groups in total. The zero-order valence-electron chi connectivity index (χ0n) is 13.2. The van der Waals surface area contributed by atoms with E-state index in [4.69, 9.17) is 10.5 Å². The molecule has 0 bridgehead atoms. The number of nitrogen functional groups attached to an aromatic ring is 1. The van der Waals surface area contributed by atoms with Crippen molar-refractivity contribution in [3.05, 3.63) is 24.3 Å². The smallest absolute Gasteiger partial charge is 0.119 e. The molecule has 4 heteroatoms. The van der Waals surface area contributed by atoms with Crippen molar-refractivity contribution in [2.75, 3.05) is 32.0 Å². The van der Waals surface area contributed by atoms with Crippen LogP contribution in [0.2, 0.25) is 0 Å². The summed E-state index contributed by atoms with van der Waals surface area (Å²) in [7, 11) is 0. The van der Waals surface area contributed by atoms with Gasteiger partial charge in [-0.25, -0.2) is 0 Å². The predicted molar refractivity (Wildman–Crippen MR) is 86.4 cm³/mol. The average molecular weight is 292 g/mol. The number of likely N-dealkylation sites (tertiary alicyclic amines) is 1. The summed E-state index contributed by atoms with van der Waals surface area (Å²) in [6, 6.07) is 7.27. The summed E-state index contributed by atoms with van der Waals surface area (Å²) in [5.74, 6) is 2.36. The van der Waals surface area contributed by atoms with Crippen LogP contribution in [0.15, 0.2) is 24.3 Å². The summed E-state index contributed by atoms with van der Waals surface area (Å²) in [4.78, 5) is 2.34. The van der Waals surface area contributed by atoms with E-state index in [-0.39, 0.29) is 0 Å². The Labute approximate surface area is 127 Å². The van der Waals surface area contributed by atoms with Gasteiger partial charge in [-0.05, 0) is 62.0 Å². The molecule has 1 saturated heterocycles. The van der Waals surface area contributed by atoms with E-state index < -0.39 is 6.10 Å². The van der Waals surface area contributed by atoms with Crippen LogP contribution in [0.1, 0.15) is 26.7 Å². The topological polar surface area (TPSA) is 58.7 Å². The number of anilines is 1. The first-order valence-electron chi connectivity index (χ1n) is 7.93. The lowest BCUT2D eigenvalue weighted by atomic mass is 9.87. The standard InChI is InChI=1S/C17H28N2O2/c1-13(2)14-7-9-19(10-8-14)11-16(20)12-21-17-5-3-15(18)4-6-17/h3-6,13-14,16,20H,7-12,18H2,1-2H3. The fourth-order valence-electron chi connectivity index (χ4n) is 2.91. The van der Waals surface area contributed by atoms with Crippen molar-refractivity contribution >= 4 is 5.69 Å². The number of β-amino-alcohol motifs (C(OH)–C–C–N with tert-alkyl or cyclic N) is 1. The number of hydrogen-bond donors (Lipinski definition) is 2. The summed E-state index contributed by atoms with van der Waals surface area (Å²) in [6.07, 6.45) is 2.03. The van der Waals surface area contributed by atoms with Gasteiger partial charge in [-0.1, -0.05) is 13.8 Å². The molecule has 4 nitrogen and oxygen atoms in total. The quantitative estimate of drug-likeness (QED) is 0.790. The molecular formula is C17H28N2O2. The molecule has 1 unspecified atom stereocenters. The van der Waals surface area contributed by atoms with E-state index in [1.54, 1.807) is 12.1 Å². The van der Waals surface area contributed by atoms with Gasteiger partial charge in [0.1, 0.15) is 18.5 Å². The molecule has 1 fully saturated rings. The third-order valence-corrected chi connectivity index (χ3v) is 4.37. The number of nitrogens with zero attached hydrogens (tertiary/aromatic N) is 1. The zero-order valence-corrected chi connectivity index (χ0v) is 13.2. The van der Waals surface area contributed by atoms with Crippen LogP contribution in [0.25, 0.3) is 0 Å². The number of aliphatic hydroxyl groups is 1. The Morgan fingerprint density at radius 1 is 1.24 bits per heavy atom. The van der Waals surface area contributed by atoms with Crippen LogP contribution in [0, 0.1) is 11.8 Å². The fraction of sp³-hybridized carbons (Fsp3) is 0.647. The molecule has 0 aromatic heterocycles. The zero-order chi connectivity index (χ0) is 15.2. The summed E-state index contributed by atoms with van der Waals surface area (Å²) in [6.45, 7) is 7.79. The number of benzene rings is 1. The Hall–Kier alpha value is -1.26. The van der Waals surface area contributed by atoms with Gasteiger partial charge in [0.25, 0.3) is 0 Å². The van der Waals surface area contributed by atoms with Gasteiger partial charge in [0, 0.05) is 12.2 Å². The minimum Gasteiger partial charge on any atom is -0.491 e. The van der Waals surface area contributed by atoms with E-state index in [0.29, 0.717) is 13.2 Å². The van der Waals surface area contributed by atoms with Crippen LogP contribution in [-0.2, 0) is 0 Å². The molecule has 1 aliphatic rings. The minimum atomic E-state index is -0.446. The van der Waals surface area contributed by atoms with Gasteiger partial charge in [-0.2, -0.15) is 0 Å². The van der Waals surface area contributed by atoms with E-state index in [2.05, 4.69) is 18.7 Å². The molecule has 21 heavy (non-hydrogen) atoms. The molecular weight excluding hydrogens is 264 g/mol. The highest BCUT2D eigenvalue weighted by Gasteiger charge is 2.22. The second-order valence-corrected chi connectivity index (χ2v) is 6.42. The Kier molecular flexibility index (Phi) is 5.88. The van der Waals surface area contributed by atoms with Crippen LogP contribution in [0.4, 0.5) is 5.69 Å². The van der Waals surface area contributed by atoms with E-state index >= 15 is 0 Å².